The monoisotopic (exact) mass is 306 g/mol. The Kier molecular flexibility index (Phi) is 5.97. The number of carbonyl (C=O) groups is 1. The van der Waals surface area contributed by atoms with Crippen LogP contribution in [0.2, 0.25) is 0 Å². The van der Waals surface area contributed by atoms with Gasteiger partial charge >= 0.3 is 0 Å². The standard InChI is InChI=1S/C13H26N2O4S/c1-13(2,3)14-12(16)11-5-7-15(8-6-11)20(17,18)10-9-19-4/h11H,5-10H2,1-4H3,(H,14,16). The Labute approximate surface area is 121 Å². The van der Waals surface area contributed by atoms with Crippen LogP contribution >= 0.6 is 0 Å². The Morgan fingerprint density at radius 3 is 2.30 bits per heavy atom. The smallest absolute Gasteiger partial charge is 0.223 e. The van der Waals surface area contributed by atoms with Crippen molar-refractivity contribution in [1.29, 1.82) is 0 Å². The van der Waals surface area contributed by atoms with Gasteiger partial charge in [0.25, 0.3) is 0 Å². The summed E-state index contributed by atoms with van der Waals surface area (Å²) in [5.41, 5.74) is -0.251. The summed E-state index contributed by atoms with van der Waals surface area (Å²) in [4.78, 5) is 12.0. The molecule has 1 heterocycles. The molecule has 0 spiro atoms. The Morgan fingerprint density at radius 1 is 1.30 bits per heavy atom. The summed E-state index contributed by atoms with van der Waals surface area (Å²) in [5, 5.41) is 2.95. The van der Waals surface area contributed by atoms with Crippen LogP contribution in [0.4, 0.5) is 0 Å². The van der Waals surface area contributed by atoms with Crippen molar-refractivity contribution in [2.75, 3.05) is 32.6 Å². The van der Waals surface area contributed by atoms with Gasteiger partial charge in [-0.3, -0.25) is 4.79 Å². The molecular formula is C13H26N2O4S. The molecule has 1 fully saturated rings. The number of amides is 1. The first-order valence-corrected chi connectivity index (χ1v) is 8.55. The third kappa shape index (κ3) is 5.38. The van der Waals surface area contributed by atoms with Crippen molar-refractivity contribution < 1.29 is 17.9 Å². The van der Waals surface area contributed by atoms with E-state index in [9.17, 15) is 13.2 Å². The van der Waals surface area contributed by atoms with Gasteiger partial charge in [-0.15, -0.1) is 0 Å². The highest BCUT2D eigenvalue weighted by Crippen LogP contribution is 2.20. The lowest BCUT2D eigenvalue weighted by atomic mass is 9.96. The first kappa shape index (κ1) is 17.4. The maximum absolute atomic E-state index is 12.0. The topological polar surface area (TPSA) is 75.7 Å². The van der Waals surface area contributed by atoms with Gasteiger partial charge in [0.05, 0.1) is 12.4 Å². The number of carbonyl (C=O) groups excluding carboxylic acids is 1. The molecule has 7 heteroatoms. The predicted octanol–water partition coefficient (Wildman–Crippen LogP) is 0.589. The van der Waals surface area contributed by atoms with E-state index in [1.807, 2.05) is 20.8 Å². The zero-order chi connectivity index (χ0) is 15.4. The van der Waals surface area contributed by atoms with E-state index in [1.165, 1.54) is 11.4 Å². The van der Waals surface area contributed by atoms with Crippen molar-refractivity contribution in [3.8, 4) is 0 Å². The van der Waals surface area contributed by atoms with Crippen molar-refractivity contribution >= 4 is 15.9 Å². The van der Waals surface area contributed by atoms with Crippen LogP contribution in [0.3, 0.4) is 0 Å². The SMILES string of the molecule is COCCS(=O)(=O)N1CCC(C(=O)NC(C)(C)C)CC1. The number of hydrogen-bond donors (Lipinski definition) is 1. The van der Waals surface area contributed by atoms with Crippen LogP contribution in [0.25, 0.3) is 0 Å². The molecule has 0 aromatic heterocycles. The molecule has 0 bridgehead atoms. The molecular weight excluding hydrogens is 280 g/mol. The summed E-state index contributed by atoms with van der Waals surface area (Å²) >= 11 is 0. The third-order valence-electron chi connectivity index (χ3n) is 3.26. The largest absolute Gasteiger partial charge is 0.384 e. The molecule has 1 amide bonds. The first-order chi connectivity index (χ1) is 9.15. The second-order valence-corrected chi connectivity index (χ2v) is 8.31. The van der Waals surface area contributed by atoms with Crippen LogP contribution in [0.5, 0.6) is 0 Å². The zero-order valence-electron chi connectivity index (χ0n) is 12.8. The number of sulfonamides is 1. The fourth-order valence-corrected chi connectivity index (χ4v) is 3.59. The second-order valence-electron chi connectivity index (χ2n) is 6.22. The average Bonchev–Trinajstić information content (AvgIpc) is 2.34. The van der Waals surface area contributed by atoms with E-state index in [1.54, 1.807) is 0 Å². The van der Waals surface area contributed by atoms with Crippen LogP contribution in [0.15, 0.2) is 0 Å². The highest BCUT2D eigenvalue weighted by atomic mass is 32.2. The summed E-state index contributed by atoms with van der Waals surface area (Å²) < 4.78 is 30.3. The molecule has 0 aliphatic carbocycles. The first-order valence-electron chi connectivity index (χ1n) is 6.94. The van der Waals surface area contributed by atoms with Crippen molar-refractivity contribution in [3.63, 3.8) is 0 Å². The molecule has 1 saturated heterocycles. The van der Waals surface area contributed by atoms with E-state index in [-0.39, 0.29) is 29.7 Å². The van der Waals surface area contributed by atoms with Crippen LogP contribution in [0, 0.1) is 5.92 Å². The third-order valence-corrected chi connectivity index (χ3v) is 5.10. The molecule has 0 saturated carbocycles. The van der Waals surface area contributed by atoms with E-state index in [4.69, 9.17) is 4.74 Å². The number of rotatable bonds is 5. The summed E-state index contributed by atoms with van der Waals surface area (Å²) in [6.45, 7) is 6.84. The summed E-state index contributed by atoms with van der Waals surface area (Å²) in [7, 11) is -1.77. The number of nitrogens with one attached hydrogen (secondary N) is 1. The van der Waals surface area contributed by atoms with Crippen molar-refractivity contribution in [1.82, 2.24) is 9.62 Å². The molecule has 1 N–H and O–H groups in total. The second kappa shape index (κ2) is 6.87. The number of hydrogen-bond acceptors (Lipinski definition) is 4. The van der Waals surface area contributed by atoms with Crippen LogP contribution in [-0.4, -0.2) is 56.7 Å². The van der Waals surface area contributed by atoms with Crippen molar-refractivity contribution in [3.05, 3.63) is 0 Å². The molecule has 0 radical (unpaired) electrons. The number of piperidine rings is 1. The number of nitrogens with zero attached hydrogens (tertiary/aromatic N) is 1. The fourth-order valence-electron chi connectivity index (χ4n) is 2.19. The van der Waals surface area contributed by atoms with Gasteiger partial charge < -0.3 is 10.1 Å². The quantitative estimate of drug-likeness (QED) is 0.806. The minimum absolute atomic E-state index is 0.00234. The summed E-state index contributed by atoms with van der Waals surface area (Å²) in [6.07, 6.45) is 1.16. The van der Waals surface area contributed by atoms with Gasteiger partial charge in [-0.2, -0.15) is 0 Å². The van der Waals surface area contributed by atoms with Crippen LogP contribution < -0.4 is 5.32 Å². The highest BCUT2D eigenvalue weighted by molar-refractivity contribution is 7.89. The minimum atomic E-state index is -3.25. The molecule has 0 atom stereocenters. The van der Waals surface area contributed by atoms with Gasteiger partial charge in [-0.25, -0.2) is 12.7 Å². The Balaban J connectivity index is 2.49. The fraction of sp³-hybridized carbons (Fsp3) is 0.923. The van der Waals surface area contributed by atoms with Gasteiger partial charge in [0.2, 0.25) is 15.9 Å². The van der Waals surface area contributed by atoms with Gasteiger partial charge in [0.15, 0.2) is 0 Å². The van der Waals surface area contributed by atoms with E-state index in [0.29, 0.717) is 25.9 Å². The van der Waals surface area contributed by atoms with E-state index >= 15 is 0 Å². The summed E-state index contributed by atoms with van der Waals surface area (Å²) in [6, 6.07) is 0. The molecule has 6 nitrogen and oxygen atoms in total. The number of ether oxygens (including phenoxy) is 1. The average molecular weight is 306 g/mol. The van der Waals surface area contributed by atoms with Crippen LogP contribution in [-0.2, 0) is 19.6 Å². The van der Waals surface area contributed by atoms with E-state index in [0.717, 1.165) is 0 Å². The lowest BCUT2D eigenvalue weighted by Crippen LogP contribution is -2.48. The van der Waals surface area contributed by atoms with Crippen molar-refractivity contribution in [2.24, 2.45) is 5.92 Å². The zero-order valence-corrected chi connectivity index (χ0v) is 13.6. The number of methoxy groups -OCH3 is 1. The summed E-state index contributed by atoms with van der Waals surface area (Å²) in [5.74, 6) is -0.0722. The molecule has 20 heavy (non-hydrogen) atoms. The van der Waals surface area contributed by atoms with E-state index in [2.05, 4.69) is 5.32 Å². The minimum Gasteiger partial charge on any atom is -0.384 e. The maximum atomic E-state index is 12.0. The molecule has 0 aromatic rings. The molecule has 1 aliphatic heterocycles. The lowest BCUT2D eigenvalue weighted by Gasteiger charge is -2.32. The van der Waals surface area contributed by atoms with Crippen LogP contribution in [0.1, 0.15) is 33.6 Å². The van der Waals surface area contributed by atoms with Gasteiger partial charge in [0, 0.05) is 31.7 Å². The molecule has 0 unspecified atom stereocenters. The molecule has 1 aliphatic rings. The van der Waals surface area contributed by atoms with Crippen molar-refractivity contribution in [2.45, 2.75) is 39.2 Å². The molecule has 1 rings (SSSR count). The lowest BCUT2D eigenvalue weighted by molar-refractivity contribution is -0.127. The Morgan fingerprint density at radius 2 is 1.85 bits per heavy atom. The normalized spacial score (nSPS) is 19.0. The van der Waals surface area contributed by atoms with Gasteiger partial charge in [-0.05, 0) is 33.6 Å². The predicted molar refractivity (Wildman–Crippen MR) is 77.9 cm³/mol. The van der Waals surface area contributed by atoms with E-state index < -0.39 is 10.0 Å². The molecule has 118 valence electrons. The Hall–Kier alpha value is -0.660. The van der Waals surface area contributed by atoms with Gasteiger partial charge in [-0.1, -0.05) is 0 Å². The maximum Gasteiger partial charge on any atom is 0.223 e. The molecule has 0 aromatic carbocycles. The van der Waals surface area contributed by atoms with Gasteiger partial charge in [0.1, 0.15) is 0 Å². The highest BCUT2D eigenvalue weighted by Gasteiger charge is 2.31. The Bertz CT molecular complexity index is 420.